The summed E-state index contributed by atoms with van der Waals surface area (Å²) < 4.78 is 1.04. The van der Waals surface area contributed by atoms with Crippen LogP contribution < -0.4 is 5.32 Å². The first-order valence-corrected chi connectivity index (χ1v) is 12.8. The first-order chi connectivity index (χ1) is 14.9. The molecule has 6 heteroatoms. The van der Waals surface area contributed by atoms with Gasteiger partial charge in [0.15, 0.2) is 0 Å². The summed E-state index contributed by atoms with van der Waals surface area (Å²) in [5, 5.41) is 3.01. The topological polar surface area (TPSA) is 49.4 Å². The van der Waals surface area contributed by atoms with Crippen molar-refractivity contribution in [3.05, 3.63) is 69.7 Å². The number of halogens is 1. The summed E-state index contributed by atoms with van der Waals surface area (Å²) in [6.07, 6.45) is 2.56. The molecule has 0 bridgehead atoms. The third-order valence-corrected chi connectivity index (χ3v) is 6.61. The molecule has 0 aliphatic rings. The van der Waals surface area contributed by atoms with Crippen molar-refractivity contribution in [2.45, 2.75) is 58.4 Å². The summed E-state index contributed by atoms with van der Waals surface area (Å²) in [5.74, 6) is 1.05. The first-order valence-electron chi connectivity index (χ1n) is 10.9. The molecule has 1 atom stereocenters. The van der Waals surface area contributed by atoms with Gasteiger partial charge in [-0.25, -0.2) is 0 Å². The lowest BCUT2D eigenvalue weighted by Gasteiger charge is -2.30. The van der Waals surface area contributed by atoms with Crippen LogP contribution in [0.25, 0.3) is 0 Å². The second-order valence-electron chi connectivity index (χ2n) is 7.70. The van der Waals surface area contributed by atoms with Crippen LogP contribution in [0.4, 0.5) is 0 Å². The number of hydrogen-bond donors (Lipinski definition) is 1. The highest BCUT2D eigenvalue weighted by molar-refractivity contribution is 9.10. The molecule has 31 heavy (non-hydrogen) atoms. The van der Waals surface area contributed by atoms with E-state index in [1.165, 1.54) is 11.1 Å². The number of carbonyl (C=O) groups excluding carboxylic acids is 2. The zero-order chi connectivity index (χ0) is 22.6. The molecule has 2 aromatic rings. The number of unbranched alkanes of at least 4 members (excludes halogenated alkanes) is 1. The van der Waals surface area contributed by atoms with E-state index in [0.717, 1.165) is 28.6 Å². The van der Waals surface area contributed by atoms with E-state index in [1.807, 2.05) is 50.2 Å². The van der Waals surface area contributed by atoms with Crippen molar-refractivity contribution >= 4 is 39.5 Å². The van der Waals surface area contributed by atoms with Gasteiger partial charge in [0, 0.05) is 23.3 Å². The molecule has 4 nitrogen and oxygen atoms in total. The fourth-order valence-corrected chi connectivity index (χ4v) is 4.37. The van der Waals surface area contributed by atoms with Crippen molar-refractivity contribution in [2.75, 3.05) is 12.3 Å². The molecule has 2 rings (SSSR count). The molecule has 0 saturated carbocycles. The van der Waals surface area contributed by atoms with E-state index in [2.05, 4.69) is 40.3 Å². The van der Waals surface area contributed by atoms with Crippen LogP contribution in [0.1, 0.15) is 49.8 Å². The van der Waals surface area contributed by atoms with Gasteiger partial charge in [0.25, 0.3) is 0 Å². The number of benzene rings is 2. The number of rotatable bonds is 12. The van der Waals surface area contributed by atoms with Crippen molar-refractivity contribution in [3.63, 3.8) is 0 Å². The van der Waals surface area contributed by atoms with Crippen molar-refractivity contribution in [1.82, 2.24) is 10.2 Å². The molecule has 0 aromatic heterocycles. The van der Waals surface area contributed by atoms with Crippen LogP contribution in [0.5, 0.6) is 0 Å². The Balaban J connectivity index is 2.08. The van der Waals surface area contributed by atoms with Crippen LogP contribution in [-0.2, 0) is 21.9 Å². The Hall–Kier alpha value is -1.79. The van der Waals surface area contributed by atoms with E-state index < -0.39 is 6.04 Å². The van der Waals surface area contributed by atoms with E-state index in [9.17, 15) is 9.59 Å². The van der Waals surface area contributed by atoms with E-state index in [-0.39, 0.29) is 11.8 Å². The molecule has 0 aliphatic heterocycles. The highest BCUT2D eigenvalue weighted by Crippen LogP contribution is 2.19. The molecule has 0 radical (unpaired) electrons. The molecular weight excluding hydrogens is 472 g/mol. The first kappa shape index (κ1) is 25.5. The predicted octanol–water partition coefficient (Wildman–Crippen LogP) is 5.71. The van der Waals surface area contributed by atoms with Gasteiger partial charge in [-0.1, -0.05) is 78.2 Å². The summed E-state index contributed by atoms with van der Waals surface area (Å²) in [5.41, 5.74) is 3.39. The van der Waals surface area contributed by atoms with Crippen LogP contribution in [0, 0.1) is 6.92 Å². The number of aryl methyl sites for hydroxylation is 1. The van der Waals surface area contributed by atoms with Crippen molar-refractivity contribution in [2.24, 2.45) is 0 Å². The lowest BCUT2D eigenvalue weighted by molar-refractivity contribution is -0.139. The summed E-state index contributed by atoms with van der Waals surface area (Å²) in [6, 6.07) is 15.8. The molecule has 0 spiro atoms. The number of nitrogens with zero attached hydrogens (tertiary/aromatic N) is 1. The maximum Gasteiger partial charge on any atom is 0.242 e. The fourth-order valence-electron chi connectivity index (χ4n) is 3.24. The van der Waals surface area contributed by atoms with E-state index in [0.29, 0.717) is 25.3 Å². The standard InChI is InChI=1S/C25H33BrN2O2S/c1-4-6-15-27-25(30)23(5-2)28(16-20-9-7-19(3)8-10-20)24(29)18-31-17-21-11-13-22(26)14-12-21/h7-14,23H,4-6,15-18H2,1-3H3,(H,27,30). The van der Waals surface area contributed by atoms with Gasteiger partial charge in [-0.3, -0.25) is 9.59 Å². The summed E-state index contributed by atoms with van der Waals surface area (Å²) >= 11 is 5.03. The number of nitrogens with one attached hydrogen (secondary N) is 1. The Morgan fingerprint density at radius 1 is 1.03 bits per heavy atom. The molecule has 2 amide bonds. The second kappa shape index (κ2) is 13.6. The third-order valence-electron chi connectivity index (χ3n) is 5.10. The molecule has 1 unspecified atom stereocenters. The minimum absolute atomic E-state index is 0.000165. The maximum absolute atomic E-state index is 13.2. The molecule has 1 N–H and O–H groups in total. The molecule has 0 heterocycles. The van der Waals surface area contributed by atoms with Gasteiger partial charge < -0.3 is 10.2 Å². The highest BCUT2D eigenvalue weighted by atomic mass is 79.9. The van der Waals surface area contributed by atoms with Gasteiger partial charge in [0.2, 0.25) is 11.8 Å². The molecular formula is C25H33BrN2O2S. The maximum atomic E-state index is 13.2. The van der Waals surface area contributed by atoms with Gasteiger partial charge >= 0.3 is 0 Å². The smallest absolute Gasteiger partial charge is 0.242 e. The SMILES string of the molecule is CCCCNC(=O)C(CC)N(Cc1ccc(C)cc1)C(=O)CSCc1ccc(Br)cc1. The van der Waals surface area contributed by atoms with Crippen LogP contribution in [0.3, 0.4) is 0 Å². The normalized spacial score (nSPS) is 11.7. The van der Waals surface area contributed by atoms with Gasteiger partial charge in [-0.05, 0) is 43.0 Å². The fraction of sp³-hybridized carbons (Fsp3) is 0.440. The number of hydrogen-bond acceptors (Lipinski definition) is 3. The molecule has 0 fully saturated rings. The van der Waals surface area contributed by atoms with Crippen LogP contribution in [0.15, 0.2) is 53.0 Å². The summed E-state index contributed by atoms with van der Waals surface area (Å²) in [7, 11) is 0. The van der Waals surface area contributed by atoms with E-state index in [4.69, 9.17) is 0 Å². The van der Waals surface area contributed by atoms with Crippen molar-refractivity contribution in [3.8, 4) is 0 Å². The van der Waals surface area contributed by atoms with Crippen molar-refractivity contribution in [1.29, 1.82) is 0 Å². The largest absolute Gasteiger partial charge is 0.354 e. The number of thioether (sulfide) groups is 1. The number of amides is 2. The van der Waals surface area contributed by atoms with Crippen LogP contribution >= 0.6 is 27.7 Å². The monoisotopic (exact) mass is 504 g/mol. The molecule has 168 valence electrons. The predicted molar refractivity (Wildman–Crippen MR) is 134 cm³/mol. The minimum atomic E-state index is -0.459. The minimum Gasteiger partial charge on any atom is -0.354 e. The van der Waals surface area contributed by atoms with Crippen molar-refractivity contribution < 1.29 is 9.59 Å². The lowest BCUT2D eigenvalue weighted by Crippen LogP contribution is -2.49. The zero-order valence-corrected chi connectivity index (χ0v) is 21.1. The van der Waals surface area contributed by atoms with Crippen LogP contribution in [0.2, 0.25) is 0 Å². The number of carbonyl (C=O) groups is 2. The lowest BCUT2D eigenvalue weighted by atomic mass is 10.1. The Bertz CT molecular complexity index is 824. The van der Waals surface area contributed by atoms with Gasteiger partial charge in [0.05, 0.1) is 5.75 Å². The van der Waals surface area contributed by atoms with E-state index >= 15 is 0 Å². The summed E-state index contributed by atoms with van der Waals surface area (Å²) in [6.45, 7) is 7.20. The van der Waals surface area contributed by atoms with E-state index in [1.54, 1.807) is 16.7 Å². The van der Waals surface area contributed by atoms with Crippen LogP contribution in [-0.4, -0.2) is 35.1 Å². The molecule has 0 saturated heterocycles. The second-order valence-corrected chi connectivity index (χ2v) is 9.60. The Morgan fingerprint density at radius 2 is 1.68 bits per heavy atom. The Kier molecular flexibility index (Phi) is 11.2. The molecule has 0 aliphatic carbocycles. The third kappa shape index (κ3) is 8.69. The quantitative estimate of drug-likeness (QED) is 0.376. The Labute approximate surface area is 199 Å². The van der Waals surface area contributed by atoms with Gasteiger partial charge in [-0.15, -0.1) is 11.8 Å². The highest BCUT2D eigenvalue weighted by Gasteiger charge is 2.28. The Morgan fingerprint density at radius 3 is 2.29 bits per heavy atom. The average molecular weight is 506 g/mol. The average Bonchev–Trinajstić information content (AvgIpc) is 2.76. The van der Waals surface area contributed by atoms with Gasteiger partial charge in [0.1, 0.15) is 6.04 Å². The molecule has 2 aromatic carbocycles. The van der Waals surface area contributed by atoms with Gasteiger partial charge in [-0.2, -0.15) is 0 Å². The summed E-state index contributed by atoms with van der Waals surface area (Å²) in [4.78, 5) is 27.8. The zero-order valence-electron chi connectivity index (χ0n) is 18.7.